The Kier molecular flexibility index (Phi) is 12.7. The Morgan fingerprint density at radius 3 is 2.55 bits per heavy atom. The number of hydrogen-bond donors (Lipinski definition) is 0. The standard InChI is InChI=1S/C25H44N2O2/c1-7-11-17-26(16-8-2)25(28)20-27(22(6)9-3)19-21(5)13-12-14-24-23(10-4)15-18-29-24/h10,12-14,21-22H,7-9,11,15-20H2,1-6H3/b13-12+,23-10-,24-14+/t21?,22-/m0/s1. The summed E-state index contributed by atoms with van der Waals surface area (Å²) in [6, 6.07) is 0.399. The van der Waals surface area contributed by atoms with E-state index < -0.39 is 0 Å². The van der Waals surface area contributed by atoms with E-state index in [9.17, 15) is 4.79 Å². The highest BCUT2D eigenvalue weighted by molar-refractivity contribution is 5.78. The molecule has 2 atom stereocenters. The summed E-state index contributed by atoms with van der Waals surface area (Å²) in [5, 5.41) is 0. The molecular formula is C25H44N2O2. The predicted molar refractivity (Wildman–Crippen MR) is 124 cm³/mol. The average Bonchev–Trinajstić information content (AvgIpc) is 3.17. The van der Waals surface area contributed by atoms with E-state index in [1.165, 1.54) is 5.57 Å². The first kappa shape index (κ1) is 25.5. The van der Waals surface area contributed by atoms with Gasteiger partial charge in [0.2, 0.25) is 5.91 Å². The van der Waals surface area contributed by atoms with Gasteiger partial charge in [0.15, 0.2) is 0 Å². The Morgan fingerprint density at radius 2 is 1.93 bits per heavy atom. The Morgan fingerprint density at radius 1 is 1.17 bits per heavy atom. The second-order valence-corrected chi connectivity index (χ2v) is 8.23. The fourth-order valence-corrected chi connectivity index (χ4v) is 3.60. The van der Waals surface area contributed by atoms with Crippen LogP contribution in [0.15, 0.2) is 35.6 Å². The van der Waals surface area contributed by atoms with E-state index in [0.717, 1.165) is 64.1 Å². The molecule has 0 N–H and O–H groups in total. The fourth-order valence-electron chi connectivity index (χ4n) is 3.60. The van der Waals surface area contributed by atoms with Crippen molar-refractivity contribution < 1.29 is 9.53 Å². The molecule has 1 amide bonds. The largest absolute Gasteiger partial charge is 0.493 e. The molecule has 0 aromatic rings. The molecule has 0 saturated carbocycles. The Bertz CT molecular complexity index is 565. The van der Waals surface area contributed by atoms with Crippen LogP contribution < -0.4 is 0 Å². The SMILES string of the molecule is C/C=C1/CCO/C1=C/C=C/C(C)CN(CC(=O)N(CCC)CCCC)[C@@H](C)CC. The number of rotatable bonds is 13. The van der Waals surface area contributed by atoms with E-state index in [1.54, 1.807) is 0 Å². The van der Waals surface area contributed by atoms with Crippen molar-refractivity contribution in [2.45, 2.75) is 79.7 Å². The molecule has 1 unspecified atom stereocenters. The topological polar surface area (TPSA) is 32.8 Å². The smallest absolute Gasteiger partial charge is 0.236 e. The number of hydrogen-bond acceptors (Lipinski definition) is 3. The third-order valence-corrected chi connectivity index (χ3v) is 5.68. The molecule has 1 rings (SSSR count). The minimum absolute atomic E-state index is 0.274. The van der Waals surface area contributed by atoms with Crippen molar-refractivity contribution >= 4 is 5.91 Å². The van der Waals surface area contributed by atoms with Crippen LogP contribution >= 0.6 is 0 Å². The van der Waals surface area contributed by atoms with Gasteiger partial charge in [0.1, 0.15) is 5.76 Å². The van der Waals surface area contributed by atoms with Gasteiger partial charge < -0.3 is 9.64 Å². The van der Waals surface area contributed by atoms with E-state index in [4.69, 9.17) is 4.74 Å². The number of ether oxygens (including phenoxy) is 1. The summed E-state index contributed by atoms with van der Waals surface area (Å²) in [5.41, 5.74) is 1.29. The van der Waals surface area contributed by atoms with Gasteiger partial charge in [-0.2, -0.15) is 0 Å². The molecule has 0 aliphatic carbocycles. The number of carbonyl (C=O) groups excluding carboxylic acids is 1. The van der Waals surface area contributed by atoms with E-state index in [-0.39, 0.29) is 5.91 Å². The van der Waals surface area contributed by atoms with Gasteiger partial charge in [0.25, 0.3) is 0 Å². The monoisotopic (exact) mass is 404 g/mol. The fraction of sp³-hybridized carbons (Fsp3) is 0.720. The lowest BCUT2D eigenvalue weighted by Gasteiger charge is -2.32. The lowest BCUT2D eigenvalue weighted by atomic mass is 10.1. The van der Waals surface area contributed by atoms with Gasteiger partial charge >= 0.3 is 0 Å². The third kappa shape index (κ3) is 9.20. The molecule has 0 bridgehead atoms. The molecule has 0 aromatic heterocycles. The molecule has 4 nitrogen and oxygen atoms in total. The number of unbranched alkanes of at least 4 members (excludes halogenated alkanes) is 1. The summed E-state index contributed by atoms with van der Waals surface area (Å²) < 4.78 is 5.69. The molecule has 1 aliphatic rings. The zero-order chi connectivity index (χ0) is 21.6. The first-order chi connectivity index (χ1) is 14.0. The lowest BCUT2D eigenvalue weighted by Crippen LogP contribution is -2.45. The van der Waals surface area contributed by atoms with Crippen LogP contribution in [0, 0.1) is 5.92 Å². The first-order valence-corrected chi connectivity index (χ1v) is 11.6. The van der Waals surface area contributed by atoms with E-state index in [2.05, 4.69) is 75.6 Å². The molecule has 166 valence electrons. The minimum atomic E-state index is 0.274. The van der Waals surface area contributed by atoms with Crippen molar-refractivity contribution in [2.75, 3.05) is 32.8 Å². The number of carbonyl (C=O) groups is 1. The Balaban J connectivity index is 2.70. The third-order valence-electron chi connectivity index (χ3n) is 5.68. The summed E-state index contributed by atoms with van der Waals surface area (Å²) in [7, 11) is 0. The Labute approximate surface area is 179 Å². The van der Waals surface area contributed by atoms with Crippen LogP contribution in [0.4, 0.5) is 0 Å². The summed E-state index contributed by atoms with van der Waals surface area (Å²) >= 11 is 0. The Hall–Kier alpha value is -1.55. The van der Waals surface area contributed by atoms with E-state index in [1.807, 2.05) is 0 Å². The molecule has 29 heavy (non-hydrogen) atoms. The van der Waals surface area contributed by atoms with Crippen LogP contribution in [0.1, 0.15) is 73.6 Å². The maximum Gasteiger partial charge on any atom is 0.236 e. The van der Waals surface area contributed by atoms with Gasteiger partial charge in [-0.3, -0.25) is 9.69 Å². The molecule has 0 spiro atoms. The van der Waals surface area contributed by atoms with Crippen LogP contribution in [0.2, 0.25) is 0 Å². The first-order valence-electron chi connectivity index (χ1n) is 11.6. The van der Waals surface area contributed by atoms with Crippen molar-refractivity contribution in [3.63, 3.8) is 0 Å². The summed E-state index contributed by atoms with van der Waals surface area (Å²) in [6.45, 7) is 17.0. The maximum absolute atomic E-state index is 12.9. The molecular weight excluding hydrogens is 360 g/mol. The van der Waals surface area contributed by atoms with Crippen LogP contribution in [0.25, 0.3) is 0 Å². The maximum atomic E-state index is 12.9. The van der Waals surface area contributed by atoms with Crippen LogP contribution in [0.3, 0.4) is 0 Å². The molecule has 1 saturated heterocycles. The van der Waals surface area contributed by atoms with Gasteiger partial charge in [0.05, 0.1) is 13.2 Å². The zero-order valence-electron chi connectivity index (χ0n) is 19.7. The van der Waals surface area contributed by atoms with Crippen molar-refractivity contribution in [3.05, 3.63) is 35.6 Å². The van der Waals surface area contributed by atoms with Gasteiger partial charge in [-0.1, -0.05) is 52.3 Å². The van der Waals surface area contributed by atoms with Crippen LogP contribution in [0.5, 0.6) is 0 Å². The summed E-state index contributed by atoms with van der Waals surface area (Å²) in [5.74, 6) is 1.64. The summed E-state index contributed by atoms with van der Waals surface area (Å²) in [6.07, 6.45) is 13.8. The molecule has 1 aliphatic heterocycles. The van der Waals surface area contributed by atoms with Gasteiger partial charge in [-0.15, -0.1) is 0 Å². The lowest BCUT2D eigenvalue weighted by molar-refractivity contribution is -0.133. The number of nitrogens with zero attached hydrogens (tertiary/aromatic N) is 2. The zero-order valence-corrected chi connectivity index (χ0v) is 19.7. The van der Waals surface area contributed by atoms with Gasteiger partial charge in [-0.25, -0.2) is 0 Å². The highest BCUT2D eigenvalue weighted by Crippen LogP contribution is 2.23. The molecule has 0 aromatic carbocycles. The molecule has 1 heterocycles. The molecule has 1 fully saturated rings. The van der Waals surface area contributed by atoms with Crippen LogP contribution in [-0.2, 0) is 9.53 Å². The summed E-state index contributed by atoms with van der Waals surface area (Å²) in [4.78, 5) is 17.3. The number of amides is 1. The van der Waals surface area contributed by atoms with E-state index >= 15 is 0 Å². The van der Waals surface area contributed by atoms with E-state index in [0.29, 0.717) is 18.5 Å². The number of allylic oxidation sites excluding steroid dienone is 4. The van der Waals surface area contributed by atoms with Gasteiger partial charge in [-0.05, 0) is 50.7 Å². The second kappa shape index (κ2) is 14.4. The predicted octanol–water partition coefficient (Wildman–Crippen LogP) is 5.57. The van der Waals surface area contributed by atoms with Gasteiger partial charge in [0, 0.05) is 32.1 Å². The second-order valence-electron chi connectivity index (χ2n) is 8.23. The van der Waals surface area contributed by atoms with Crippen molar-refractivity contribution in [2.24, 2.45) is 5.92 Å². The highest BCUT2D eigenvalue weighted by atomic mass is 16.5. The van der Waals surface area contributed by atoms with Crippen LogP contribution in [-0.4, -0.2) is 54.5 Å². The molecule has 4 heteroatoms. The normalized spacial score (nSPS) is 19.3. The van der Waals surface area contributed by atoms with Crippen molar-refractivity contribution in [1.82, 2.24) is 9.80 Å². The minimum Gasteiger partial charge on any atom is -0.493 e. The molecule has 0 radical (unpaired) electrons. The quantitative estimate of drug-likeness (QED) is 0.402. The van der Waals surface area contributed by atoms with Crippen molar-refractivity contribution in [1.29, 1.82) is 0 Å². The van der Waals surface area contributed by atoms with Crippen molar-refractivity contribution in [3.8, 4) is 0 Å². The average molecular weight is 405 g/mol. The highest BCUT2D eigenvalue weighted by Gasteiger charge is 2.21.